The van der Waals surface area contributed by atoms with Crippen molar-refractivity contribution in [2.24, 2.45) is 0 Å². The molecule has 1 atom stereocenters. The normalized spacial score (nSPS) is 11.6. The summed E-state index contributed by atoms with van der Waals surface area (Å²) in [6, 6.07) is 15.1. The monoisotopic (exact) mass is 408 g/mol. The Balaban J connectivity index is 2.05. The average Bonchev–Trinajstić information content (AvgIpc) is 2.68. The van der Waals surface area contributed by atoms with Crippen LogP contribution in [0.4, 0.5) is 5.69 Å². The molecule has 2 rings (SSSR count). The van der Waals surface area contributed by atoms with Gasteiger partial charge < -0.3 is 15.3 Å². The Kier molecular flexibility index (Phi) is 8.43. The molecule has 0 bridgehead atoms. The lowest BCUT2D eigenvalue weighted by molar-refractivity contribution is -0.139. The van der Waals surface area contributed by atoms with E-state index in [1.54, 1.807) is 30.3 Å². The molecule has 0 aliphatic carbocycles. The van der Waals surface area contributed by atoms with E-state index in [0.717, 1.165) is 11.3 Å². The third-order valence-corrected chi connectivity index (χ3v) is 4.43. The lowest BCUT2D eigenvalue weighted by Crippen LogP contribution is -2.42. The van der Waals surface area contributed by atoms with Crippen LogP contribution in [0.25, 0.3) is 0 Å². The van der Waals surface area contributed by atoms with Crippen molar-refractivity contribution < 1.29 is 14.7 Å². The lowest BCUT2D eigenvalue weighted by atomic mass is 10.0. The molecule has 2 aromatic carbocycles. The van der Waals surface area contributed by atoms with Gasteiger partial charge in [-0.2, -0.15) is 0 Å². The van der Waals surface area contributed by atoms with Crippen molar-refractivity contribution in [2.75, 3.05) is 29.7 Å². The largest absolute Gasteiger partial charge is 0.480 e. The zero-order valence-corrected chi connectivity index (χ0v) is 16.3. The molecular formula is C20H22Cl2N2O3. The topological polar surface area (TPSA) is 69.6 Å². The zero-order valence-electron chi connectivity index (χ0n) is 14.8. The van der Waals surface area contributed by atoms with E-state index in [9.17, 15) is 14.7 Å². The van der Waals surface area contributed by atoms with Crippen LogP contribution in [-0.2, 0) is 11.2 Å². The average molecular weight is 409 g/mol. The Bertz CT molecular complexity index is 733. The summed E-state index contributed by atoms with van der Waals surface area (Å²) >= 11 is 11.7. The van der Waals surface area contributed by atoms with Crippen molar-refractivity contribution in [2.45, 2.75) is 12.5 Å². The third kappa shape index (κ3) is 6.45. The summed E-state index contributed by atoms with van der Waals surface area (Å²) in [5.74, 6) is -0.500. The fraction of sp³-hybridized carbons (Fsp3) is 0.300. The first-order valence-electron chi connectivity index (χ1n) is 8.59. The minimum Gasteiger partial charge on any atom is -0.480 e. The van der Waals surface area contributed by atoms with Crippen LogP contribution in [0.15, 0.2) is 54.6 Å². The van der Waals surface area contributed by atoms with Crippen molar-refractivity contribution in [1.82, 2.24) is 5.32 Å². The number of amides is 1. The maximum atomic E-state index is 12.2. The number of carboxylic acids is 1. The van der Waals surface area contributed by atoms with Gasteiger partial charge >= 0.3 is 5.97 Å². The highest BCUT2D eigenvalue weighted by Crippen LogP contribution is 2.17. The maximum Gasteiger partial charge on any atom is 0.326 e. The number of hydrogen-bond donors (Lipinski definition) is 2. The van der Waals surface area contributed by atoms with Gasteiger partial charge in [0.15, 0.2) is 0 Å². The van der Waals surface area contributed by atoms with Crippen LogP contribution in [0.5, 0.6) is 0 Å². The second kappa shape index (κ2) is 10.8. The van der Waals surface area contributed by atoms with Gasteiger partial charge in [0.2, 0.25) is 0 Å². The fourth-order valence-corrected chi connectivity index (χ4v) is 3.09. The third-order valence-electron chi connectivity index (χ3n) is 4.09. The highest BCUT2D eigenvalue weighted by molar-refractivity contribution is 6.18. The van der Waals surface area contributed by atoms with E-state index < -0.39 is 17.9 Å². The number of nitrogens with one attached hydrogen (secondary N) is 1. The summed E-state index contributed by atoms with van der Waals surface area (Å²) in [6.45, 7) is 1.36. The number of halogens is 2. The molecule has 0 aliphatic rings. The minimum atomic E-state index is -1.07. The van der Waals surface area contributed by atoms with Crippen molar-refractivity contribution in [3.8, 4) is 0 Å². The maximum absolute atomic E-state index is 12.2. The molecule has 0 unspecified atom stereocenters. The Hall–Kier alpha value is -2.24. The number of aliphatic carboxylic acids is 1. The molecule has 5 nitrogen and oxygen atoms in total. The van der Waals surface area contributed by atoms with E-state index in [1.807, 2.05) is 24.3 Å². The molecule has 0 fully saturated rings. The summed E-state index contributed by atoms with van der Waals surface area (Å²) in [5.41, 5.74) is 2.22. The Labute approximate surface area is 168 Å². The van der Waals surface area contributed by atoms with E-state index in [1.165, 1.54) is 0 Å². The van der Waals surface area contributed by atoms with E-state index in [0.29, 0.717) is 30.4 Å². The van der Waals surface area contributed by atoms with E-state index in [4.69, 9.17) is 23.2 Å². The SMILES string of the molecule is O=C(N[C@@H](Cc1ccc(N(CCCl)CCCl)cc1)C(=O)O)c1ccccc1. The van der Waals surface area contributed by atoms with Crippen molar-refractivity contribution in [3.63, 3.8) is 0 Å². The molecule has 0 spiro atoms. The molecule has 7 heteroatoms. The smallest absolute Gasteiger partial charge is 0.326 e. The van der Waals surface area contributed by atoms with Gasteiger partial charge in [0.05, 0.1) is 0 Å². The molecule has 2 aromatic rings. The van der Waals surface area contributed by atoms with Gasteiger partial charge in [-0.3, -0.25) is 4.79 Å². The summed E-state index contributed by atoms with van der Waals surface area (Å²) in [5, 5.41) is 12.0. The van der Waals surface area contributed by atoms with Gasteiger partial charge in [0, 0.05) is 42.5 Å². The van der Waals surface area contributed by atoms with Crippen molar-refractivity contribution >= 4 is 40.8 Å². The molecule has 0 aliphatic heterocycles. The zero-order chi connectivity index (χ0) is 19.6. The van der Waals surface area contributed by atoms with Crippen LogP contribution in [0, 0.1) is 0 Å². The molecule has 0 saturated heterocycles. The predicted octanol–water partition coefficient (Wildman–Crippen LogP) is 3.40. The van der Waals surface area contributed by atoms with Gasteiger partial charge in [0.1, 0.15) is 6.04 Å². The number of alkyl halides is 2. The van der Waals surface area contributed by atoms with E-state index >= 15 is 0 Å². The Morgan fingerprint density at radius 3 is 2.07 bits per heavy atom. The van der Waals surface area contributed by atoms with Crippen LogP contribution in [0.3, 0.4) is 0 Å². The first-order chi connectivity index (χ1) is 13.0. The highest BCUT2D eigenvalue weighted by atomic mass is 35.5. The number of anilines is 1. The second-order valence-electron chi connectivity index (χ2n) is 5.97. The van der Waals surface area contributed by atoms with E-state index in [-0.39, 0.29) is 6.42 Å². The van der Waals surface area contributed by atoms with Gasteiger partial charge in [-0.25, -0.2) is 4.79 Å². The predicted molar refractivity (Wildman–Crippen MR) is 109 cm³/mol. The molecule has 1 amide bonds. The van der Waals surface area contributed by atoms with Crippen LogP contribution >= 0.6 is 23.2 Å². The molecule has 0 saturated carbocycles. The highest BCUT2D eigenvalue weighted by Gasteiger charge is 2.21. The molecule has 2 N–H and O–H groups in total. The van der Waals surface area contributed by atoms with Gasteiger partial charge in [-0.1, -0.05) is 30.3 Å². The number of benzene rings is 2. The molecule has 0 aromatic heterocycles. The Morgan fingerprint density at radius 2 is 1.56 bits per heavy atom. The molecule has 144 valence electrons. The molecule has 0 radical (unpaired) electrons. The summed E-state index contributed by atoms with van der Waals surface area (Å²) in [7, 11) is 0. The second-order valence-corrected chi connectivity index (χ2v) is 6.72. The van der Waals surface area contributed by atoms with Crippen LogP contribution in [0.2, 0.25) is 0 Å². The number of carbonyl (C=O) groups is 2. The van der Waals surface area contributed by atoms with Gasteiger partial charge in [0.25, 0.3) is 5.91 Å². The molecule has 27 heavy (non-hydrogen) atoms. The van der Waals surface area contributed by atoms with Crippen LogP contribution < -0.4 is 10.2 Å². The minimum absolute atomic E-state index is 0.194. The summed E-state index contributed by atoms with van der Waals surface area (Å²) in [4.78, 5) is 25.9. The van der Waals surface area contributed by atoms with Crippen molar-refractivity contribution in [1.29, 1.82) is 0 Å². The van der Waals surface area contributed by atoms with Crippen LogP contribution in [-0.4, -0.2) is 47.9 Å². The number of rotatable bonds is 10. The van der Waals surface area contributed by atoms with Gasteiger partial charge in [-0.05, 0) is 29.8 Å². The quantitative estimate of drug-likeness (QED) is 0.591. The number of carboxylic acid groups (broad SMARTS) is 1. The number of hydrogen-bond acceptors (Lipinski definition) is 3. The number of carbonyl (C=O) groups excluding carboxylic acids is 1. The lowest BCUT2D eigenvalue weighted by Gasteiger charge is -2.23. The first-order valence-corrected chi connectivity index (χ1v) is 9.66. The van der Waals surface area contributed by atoms with Crippen molar-refractivity contribution in [3.05, 3.63) is 65.7 Å². The summed E-state index contributed by atoms with van der Waals surface area (Å²) in [6.07, 6.45) is 0.194. The standard InChI is InChI=1S/C20H22Cl2N2O3/c21-10-12-24(13-11-22)17-8-6-15(7-9-17)14-18(20(26)27)23-19(25)16-4-2-1-3-5-16/h1-9,18H,10-14H2,(H,23,25)(H,26,27)/t18-/m0/s1. The van der Waals surface area contributed by atoms with Crippen LogP contribution in [0.1, 0.15) is 15.9 Å². The molecular weight excluding hydrogens is 387 g/mol. The summed E-state index contributed by atoms with van der Waals surface area (Å²) < 4.78 is 0. The number of nitrogens with zero attached hydrogens (tertiary/aromatic N) is 1. The first kappa shape index (κ1) is 21.1. The Morgan fingerprint density at radius 1 is 0.963 bits per heavy atom. The molecule has 0 heterocycles. The van der Waals surface area contributed by atoms with Gasteiger partial charge in [-0.15, -0.1) is 23.2 Å². The van der Waals surface area contributed by atoms with E-state index in [2.05, 4.69) is 10.2 Å². The fourth-order valence-electron chi connectivity index (χ4n) is 2.68.